The maximum absolute atomic E-state index is 13.6. The quantitative estimate of drug-likeness (QED) is 0.555. The Labute approximate surface area is 238 Å². The molecule has 38 heavy (non-hydrogen) atoms. The number of rotatable bonds is 5. The van der Waals surface area contributed by atoms with Crippen molar-refractivity contribution in [2.75, 3.05) is 33.2 Å². The van der Waals surface area contributed by atoms with Crippen LogP contribution in [0.5, 0.6) is 0 Å². The molecule has 7 nitrogen and oxygen atoms in total. The Bertz CT molecular complexity index is 1180. The van der Waals surface area contributed by atoms with Crippen molar-refractivity contribution in [2.45, 2.75) is 44.2 Å². The van der Waals surface area contributed by atoms with Gasteiger partial charge in [0, 0.05) is 61.7 Å². The standard InChI is InChI=1S/C28H32Cl3N3O4/c1-17(35)26(36)33-12-9-19(10-13-33)28(38)34-14-11-25(22(16-34)20-5-8-23(30)24(31)15-20)32(2)27(37)18-3-6-21(29)7-4-18/h3-8,15,17,19,22,25,35H,9-14,16H2,1-2H3/t17?,22-,25+/m0/s1. The minimum absolute atomic E-state index is 0.0596. The van der Waals surface area contributed by atoms with Gasteiger partial charge in [-0.3, -0.25) is 14.4 Å². The zero-order valence-corrected chi connectivity index (χ0v) is 23.7. The second kappa shape index (κ2) is 12.2. The predicted molar refractivity (Wildman–Crippen MR) is 149 cm³/mol. The van der Waals surface area contributed by atoms with Gasteiger partial charge in [0.05, 0.1) is 10.0 Å². The highest BCUT2D eigenvalue weighted by Gasteiger charge is 2.39. The second-order valence-electron chi connectivity index (χ2n) is 10.1. The van der Waals surface area contributed by atoms with Gasteiger partial charge >= 0.3 is 0 Å². The van der Waals surface area contributed by atoms with Crippen molar-refractivity contribution in [2.24, 2.45) is 5.92 Å². The zero-order chi connectivity index (χ0) is 27.6. The highest BCUT2D eigenvalue weighted by atomic mass is 35.5. The first-order valence-electron chi connectivity index (χ1n) is 12.8. The number of carbonyl (C=O) groups excluding carboxylic acids is 3. The Hall–Kier alpha value is -2.32. The molecule has 4 rings (SSSR count). The van der Waals surface area contributed by atoms with Gasteiger partial charge in [-0.2, -0.15) is 0 Å². The van der Waals surface area contributed by atoms with Crippen molar-refractivity contribution in [3.8, 4) is 0 Å². The molecule has 0 bridgehead atoms. The third-order valence-electron chi connectivity index (χ3n) is 7.68. The maximum Gasteiger partial charge on any atom is 0.253 e. The first kappa shape index (κ1) is 28.7. The maximum atomic E-state index is 13.6. The number of likely N-dealkylation sites (N-methyl/N-ethyl adjacent to an activating group) is 1. The summed E-state index contributed by atoms with van der Waals surface area (Å²) >= 11 is 18.5. The lowest BCUT2D eigenvalue weighted by atomic mass is 9.83. The summed E-state index contributed by atoms with van der Waals surface area (Å²) in [4.78, 5) is 44.3. The number of aliphatic hydroxyl groups excluding tert-OH is 1. The van der Waals surface area contributed by atoms with Crippen LogP contribution in [0.2, 0.25) is 15.1 Å². The molecule has 0 aliphatic carbocycles. The van der Waals surface area contributed by atoms with Gasteiger partial charge in [-0.15, -0.1) is 0 Å². The summed E-state index contributed by atoms with van der Waals surface area (Å²) in [5.41, 5.74) is 1.46. The van der Waals surface area contributed by atoms with Gasteiger partial charge in [0.15, 0.2) is 0 Å². The average molecular weight is 581 g/mol. The molecule has 3 amide bonds. The Morgan fingerprint density at radius 2 is 1.55 bits per heavy atom. The summed E-state index contributed by atoms with van der Waals surface area (Å²) in [6.07, 6.45) is 0.680. The van der Waals surface area contributed by atoms with E-state index in [2.05, 4.69) is 0 Å². The normalized spacial score (nSPS) is 21.2. The highest BCUT2D eigenvalue weighted by molar-refractivity contribution is 6.42. The van der Waals surface area contributed by atoms with Crippen LogP contribution in [0.25, 0.3) is 0 Å². The lowest BCUT2D eigenvalue weighted by molar-refractivity contribution is -0.145. The molecule has 2 fully saturated rings. The molecule has 2 heterocycles. The van der Waals surface area contributed by atoms with E-state index in [-0.39, 0.29) is 35.6 Å². The molecule has 2 aliphatic heterocycles. The molecule has 2 aromatic carbocycles. The van der Waals surface area contributed by atoms with Crippen LogP contribution >= 0.6 is 34.8 Å². The van der Waals surface area contributed by atoms with Gasteiger partial charge < -0.3 is 19.8 Å². The van der Waals surface area contributed by atoms with Crippen molar-refractivity contribution < 1.29 is 19.5 Å². The fourth-order valence-corrected chi connectivity index (χ4v) is 5.92. The van der Waals surface area contributed by atoms with Crippen LogP contribution in [0.15, 0.2) is 42.5 Å². The summed E-state index contributed by atoms with van der Waals surface area (Å²) in [7, 11) is 1.79. The lowest BCUT2D eigenvalue weighted by Gasteiger charge is -2.44. The topological polar surface area (TPSA) is 81.2 Å². The molecule has 204 valence electrons. The molecular weight excluding hydrogens is 549 g/mol. The van der Waals surface area contributed by atoms with E-state index < -0.39 is 6.10 Å². The first-order chi connectivity index (χ1) is 18.1. The Morgan fingerprint density at radius 3 is 2.16 bits per heavy atom. The summed E-state index contributed by atoms with van der Waals surface area (Å²) in [6, 6.07) is 12.1. The van der Waals surface area contributed by atoms with E-state index in [1.165, 1.54) is 6.92 Å². The van der Waals surface area contributed by atoms with E-state index in [1.54, 1.807) is 47.2 Å². The third-order valence-corrected chi connectivity index (χ3v) is 8.67. The predicted octanol–water partition coefficient (Wildman–Crippen LogP) is 4.72. The molecule has 3 atom stereocenters. The molecular formula is C28H32Cl3N3O4. The highest BCUT2D eigenvalue weighted by Crippen LogP contribution is 2.35. The molecule has 2 aromatic rings. The van der Waals surface area contributed by atoms with Crippen LogP contribution in [0.1, 0.15) is 48.0 Å². The molecule has 0 radical (unpaired) electrons. The SMILES string of the molecule is CC(O)C(=O)N1CCC(C(=O)N2CC[C@@H](N(C)C(=O)c3ccc(Cl)cc3)[C@H](c3ccc(Cl)c(Cl)c3)C2)CC1. The molecule has 0 saturated carbocycles. The largest absolute Gasteiger partial charge is 0.384 e. The van der Waals surface area contributed by atoms with E-state index in [0.29, 0.717) is 66.1 Å². The molecule has 10 heteroatoms. The fourth-order valence-electron chi connectivity index (χ4n) is 5.49. The molecule has 0 aromatic heterocycles. The monoisotopic (exact) mass is 579 g/mol. The number of amides is 3. The van der Waals surface area contributed by atoms with E-state index in [4.69, 9.17) is 34.8 Å². The zero-order valence-electron chi connectivity index (χ0n) is 21.4. The molecule has 2 saturated heterocycles. The lowest BCUT2D eigenvalue weighted by Crippen LogP contribution is -2.54. The summed E-state index contributed by atoms with van der Waals surface area (Å²) in [5.74, 6) is -0.714. The van der Waals surface area contributed by atoms with Crippen molar-refractivity contribution in [3.63, 3.8) is 0 Å². The number of carbonyl (C=O) groups is 3. The van der Waals surface area contributed by atoms with Gasteiger partial charge in [-0.25, -0.2) is 0 Å². The fraction of sp³-hybridized carbons (Fsp3) is 0.464. The van der Waals surface area contributed by atoms with Crippen LogP contribution in [0, 0.1) is 5.92 Å². The van der Waals surface area contributed by atoms with Crippen LogP contribution < -0.4 is 0 Å². The Morgan fingerprint density at radius 1 is 0.921 bits per heavy atom. The Balaban J connectivity index is 1.52. The third kappa shape index (κ3) is 6.28. The van der Waals surface area contributed by atoms with E-state index in [1.807, 2.05) is 17.0 Å². The number of benzene rings is 2. The van der Waals surface area contributed by atoms with Crippen LogP contribution in [0.3, 0.4) is 0 Å². The number of piperidine rings is 2. The number of nitrogens with zero attached hydrogens (tertiary/aromatic N) is 3. The smallest absolute Gasteiger partial charge is 0.253 e. The summed E-state index contributed by atoms with van der Waals surface area (Å²) in [5, 5.41) is 11.0. The molecule has 2 aliphatic rings. The summed E-state index contributed by atoms with van der Waals surface area (Å²) in [6.45, 7) is 3.32. The Kier molecular flexibility index (Phi) is 9.24. The first-order valence-corrected chi connectivity index (χ1v) is 13.9. The van der Waals surface area contributed by atoms with Gasteiger partial charge in [0.1, 0.15) is 6.10 Å². The molecule has 1 unspecified atom stereocenters. The van der Waals surface area contributed by atoms with Crippen LogP contribution in [-0.2, 0) is 9.59 Å². The number of hydrogen-bond donors (Lipinski definition) is 1. The number of hydrogen-bond acceptors (Lipinski definition) is 4. The van der Waals surface area contributed by atoms with E-state index in [0.717, 1.165) is 5.56 Å². The second-order valence-corrected chi connectivity index (χ2v) is 11.4. The van der Waals surface area contributed by atoms with Crippen molar-refractivity contribution in [3.05, 3.63) is 68.7 Å². The van der Waals surface area contributed by atoms with Crippen molar-refractivity contribution in [1.29, 1.82) is 0 Å². The van der Waals surface area contributed by atoms with E-state index in [9.17, 15) is 19.5 Å². The minimum Gasteiger partial charge on any atom is -0.384 e. The number of likely N-dealkylation sites (tertiary alicyclic amines) is 2. The van der Waals surface area contributed by atoms with Crippen LogP contribution in [-0.4, -0.2) is 82.9 Å². The van der Waals surface area contributed by atoms with Gasteiger partial charge in [-0.05, 0) is 68.1 Å². The van der Waals surface area contributed by atoms with E-state index >= 15 is 0 Å². The van der Waals surface area contributed by atoms with Gasteiger partial charge in [0.25, 0.3) is 11.8 Å². The molecule has 0 spiro atoms. The number of aliphatic hydroxyl groups is 1. The number of halogens is 3. The molecule has 1 N–H and O–H groups in total. The van der Waals surface area contributed by atoms with Gasteiger partial charge in [-0.1, -0.05) is 40.9 Å². The minimum atomic E-state index is -1.04. The average Bonchev–Trinajstić information content (AvgIpc) is 2.93. The van der Waals surface area contributed by atoms with Gasteiger partial charge in [0.2, 0.25) is 5.91 Å². The van der Waals surface area contributed by atoms with Crippen molar-refractivity contribution in [1.82, 2.24) is 14.7 Å². The van der Waals surface area contributed by atoms with Crippen molar-refractivity contribution >= 4 is 52.5 Å². The summed E-state index contributed by atoms with van der Waals surface area (Å²) < 4.78 is 0. The van der Waals surface area contributed by atoms with Crippen LogP contribution in [0.4, 0.5) is 0 Å².